The van der Waals surface area contributed by atoms with Crippen LogP contribution in [-0.4, -0.2) is 37.5 Å². The van der Waals surface area contributed by atoms with E-state index in [-0.39, 0.29) is 6.10 Å². The first kappa shape index (κ1) is 12.3. The van der Waals surface area contributed by atoms with Crippen molar-refractivity contribution in [3.05, 3.63) is 0 Å². The number of hydrogen-bond acceptors (Lipinski definition) is 3. The molecule has 2 N–H and O–H groups in total. The van der Waals surface area contributed by atoms with E-state index in [4.69, 9.17) is 4.74 Å². The average molecular weight is 227 g/mol. The number of hydrogen-bond donors (Lipinski definition) is 2. The highest BCUT2D eigenvalue weighted by Crippen LogP contribution is 2.23. The highest BCUT2D eigenvalue weighted by atomic mass is 16.5. The van der Waals surface area contributed by atoms with Gasteiger partial charge in [-0.2, -0.15) is 0 Å². The SMILES string of the molecule is OC1CCCCC1CNCC1CCCOC1. The number of aliphatic hydroxyl groups excluding tert-OH is 1. The van der Waals surface area contributed by atoms with Crippen molar-refractivity contribution in [2.45, 2.75) is 44.6 Å². The van der Waals surface area contributed by atoms with E-state index in [2.05, 4.69) is 5.32 Å². The number of rotatable bonds is 4. The molecular formula is C13H25NO2. The molecule has 3 nitrogen and oxygen atoms in total. The molecule has 0 amide bonds. The van der Waals surface area contributed by atoms with Gasteiger partial charge in [-0.15, -0.1) is 0 Å². The minimum atomic E-state index is -0.0659. The molecule has 0 spiro atoms. The Morgan fingerprint density at radius 1 is 1.06 bits per heavy atom. The maximum Gasteiger partial charge on any atom is 0.0580 e. The fourth-order valence-electron chi connectivity index (χ4n) is 2.87. The van der Waals surface area contributed by atoms with Gasteiger partial charge in [0.2, 0.25) is 0 Å². The molecule has 3 heteroatoms. The number of aliphatic hydroxyl groups is 1. The van der Waals surface area contributed by atoms with E-state index >= 15 is 0 Å². The van der Waals surface area contributed by atoms with Crippen LogP contribution in [0.3, 0.4) is 0 Å². The summed E-state index contributed by atoms with van der Waals surface area (Å²) in [7, 11) is 0. The largest absolute Gasteiger partial charge is 0.393 e. The van der Waals surface area contributed by atoms with E-state index < -0.39 is 0 Å². The first-order valence-corrected chi connectivity index (χ1v) is 6.83. The molecule has 0 aromatic rings. The highest BCUT2D eigenvalue weighted by molar-refractivity contribution is 4.77. The second-order valence-electron chi connectivity index (χ2n) is 5.35. The zero-order valence-electron chi connectivity index (χ0n) is 10.2. The van der Waals surface area contributed by atoms with Crippen LogP contribution >= 0.6 is 0 Å². The Labute approximate surface area is 98.6 Å². The van der Waals surface area contributed by atoms with Crippen molar-refractivity contribution in [3.8, 4) is 0 Å². The summed E-state index contributed by atoms with van der Waals surface area (Å²) in [6, 6.07) is 0. The van der Waals surface area contributed by atoms with Crippen molar-refractivity contribution in [3.63, 3.8) is 0 Å². The molecule has 0 aromatic heterocycles. The third-order valence-electron chi connectivity index (χ3n) is 3.96. The molecule has 1 aliphatic heterocycles. The lowest BCUT2D eigenvalue weighted by molar-refractivity contribution is 0.0488. The van der Waals surface area contributed by atoms with Crippen molar-refractivity contribution < 1.29 is 9.84 Å². The Morgan fingerprint density at radius 2 is 1.94 bits per heavy atom. The van der Waals surface area contributed by atoms with Gasteiger partial charge in [-0.05, 0) is 37.5 Å². The third kappa shape index (κ3) is 3.72. The molecule has 2 fully saturated rings. The van der Waals surface area contributed by atoms with Crippen LogP contribution in [0.1, 0.15) is 38.5 Å². The molecule has 16 heavy (non-hydrogen) atoms. The molecule has 2 aliphatic rings. The smallest absolute Gasteiger partial charge is 0.0580 e. The van der Waals surface area contributed by atoms with E-state index in [1.165, 1.54) is 32.1 Å². The third-order valence-corrected chi connectivity index (χ3v) is 3.96. The Morgan fingerprint density at radius 3 is 2.69 bits per heavy atom. The van der Waals surface area contributed by atoms with Crippen LogP contribution in [0.25, 0.3) is 0 Å². The van der Waals surface area contributed by atoms with Crippen LogP contribution in [0.4, 0.5) is 0 Å². The molecule has 1 aliphatic carbocycles. The van der Waals surface area contributed by atoms with Crippen molar-refractivity contribution in [2.24, 2.45) is 11.8 Å². The standard InChI is InChI=1S/C13H25NO2/c15-13-6-2-1-5-12(13)9-14-8-11-4-3-7-16-10-11/h11-15H,1-10H2. The zero-order valence-corrected chi connectivity index (χ0v) is 10.2. The Kier molecular flexibility index (Phi) is 5.07. The molecular weight excluding hydrogens is 202 g/mol. The van der Waals surface area contributed by atoms with Gasteiger partial charge in [0.15, 0.2) is 0 Å². The van der Waals surface area contributed by atoms with Gasteiger partial charge in [0, 0.05) is 19.7 Å². The summed E-state index contributed by atoms with van der Waals surface area (Å²) in [6.07, 6.45) is 7.11. The van der Waals surface area contributed by atoms with Crippen LogP contribution in [0.2, 0.25) is 0 Å². The van der Waals surface area contributed by atoms with Crippen LogP contribution in [0.15, 0.2) is 0 Å². The quantitative estimate of drug-likeness (QED) is 0.766. The lowest BCUT2D eigenvalue weighted by Crippen LogP contribution is -2.37. The van der Waals surface area contributed by atoms with Gasteiger partial charge in [0.25, 0.3) is 0 Å². The van der Waals surface area contributed by atoms with Gasteiger partial charge >= 0.3 is 0 Å². The molecule has 1 heterocycles. The predicted molar refractivity (Wildman–Crippen MR) is 64.4 cm³/mol. The molecule has 1 saturated carbocycles. The van der Waals surface area contributed by atoms with Crippen molar-refractivity contribution in [2.75, 3.05) is 26.3 Å². The topological polar surface area (TPSA) is 41.5 Å². The summed E-state index contributed by atoms with van der Waals surface area (Å²) < 4.78 is 5.46. The molecule has 3 unspecified atom stereocenters. The maximum atomic E-state index is 9.84. The monoisotopic (exact) mass is 227 g/mol. The Balaban J connectivity index is 1.59. The average Bonchev–Trinajstić information content (AvgIpc) is 2.33. The van der Waals surface area contributed by atoms with Gasteiger partial charge in [0.1, 0.15) is 0 Å². The van der Waals surface area contributed by atoms with Gasteiger partial charge < -0.3 is 15.2 Å². The molecule has 2 rings (SSSR count). The van der Waals surface area contributed by atoms with Gasteiger partial charge in [0.05, 0.1) is 12.7 Å². The summed E-state index contributed by atoms with van der Waals surface area (Å²) in [5.41, 5.74) is 0. The molecule has 94 valence electrons. The maximum absolute atomic E-state index is 9.84. The van der Waals surface area contributed by atoms with Crippen LogP contribution in [0.5, 0.6) is 0 Å². The molecule has 1 saturated heterocycles. The number of nitrogens with one attached hydrogen (secondary N) is 1. The van der Waals surface area contributed by atoms with Crippen LogP contribution in [0, 0.1) is 11.8 Å². The summed E-state index contributed by atoms with van der Waals surface area (Å²) in [5.74, 6) is 1.17. The van der Waals surface area contributed by atoms with Crippen molar-refractivity contribution >= 4 is 0 Å². The zero-order chi connectivity index (χ0) is 11.2. The normalized spacial score (nSPS) is 36.2. The van der Waals surface area contributed by atoms with Gasteiger partial charge in [-0.3, -0.25) is 0 Å². The Hall–Kier alpha value is -0.120. The van der Waals surface area contributed by atoms with E-state index in [0.717, 1.165) is 32.7 Å². The fraction of sp³-hybridized carbons (Fsp3) is 1.00. The lowest BCUT2D eigenvalue weighted by Gasteiger charge is -2.29. The van der Waals surface area contributed by atoms with Crippen LogP contribution in [-0.2, 0) is 4.74 Å². The second-order valence-corrected chi connectivity index (χ2v) is 5.35. The fourth-order valence-corrected chi connectivity index (χ4v) is 2.87. The van der Waals surface area contributed by atoms with Gasteiger partial charge in [-0.1, -0.05) is 12.8 Å². The van der Waals surface area contributed by atoms with Gasteiger partial charge in [-0.25, -0.2) is 0 Å². The second kappa shape index (κ2) is 6.58. The van der Waals surface area contributed by atoms with Crippen molar-refractivity contribution in [1.82, 2.24) is 5.32 Å². The first-order valence-electron chi connectivity index (χ1n) is 6.83. The highest BCUT2D eigenvalue weighted by Gasteiger charge is 2.23. The minimum Gasteiger partial charge on any atom is -0.393 e. The summed E-state index contributed by atoms with van der Waals surface area (Å²) in [5, 5.41) is 13.4. The summed E-state index contributed by atoms with van der Waals surface area (Å²) in [4.78, 5) is 0. The van der Waals surface area contributed by atoms with E-state index in [0.29, 0.717) is 11.8 Å². The lowest BCUT2D eigenvalue weighted by atomic mass is 9.86. The van der Waals surface area contributed by atoms with Crippen LogP contribution < -0.4 is 5.32 Å². The Bertz CT molecular complexity index is 192. The molecule has 0 radical (unpaired) electrons. The molecule has 0 aromatic carbocycles. The van der Waals surface area contributed by atoms with Crippen molar-refractivity contribution in [1.29, 1.82) is 0 Å². The van der Waals surface area contributed by atoms with E-state index in [1.807, 2.05) is 0 Å². The predicted octanol–water partition coefficient (Wildman–Crippen LogP) is 1.55. The summed E-state index contributed by atoms with van der Waals surface area (Å²) in [6.45, 7) is 3.90. The molecule has 3 atom stereocenters. The number of ether oxygens (including phenoxy) is 1. The minimum absolute atomic E-state index is 0.0659. The molecule has 0 bridgehead atoms. The van der Waals surface area contributed by atoms with E-state index in [9.17, 15) is 5.11 Å². The van der Waals surface area contributed by atoms with E-state index in [1.54, 1.807) is 0 Å². The first-order chi connectivity index (χ1) is 7.86. The summed E-state index contributed by atoms with van der Waals surface area (Å²) >= 11 is 0.